The van der Waals surface area contributed by atoms with Crippen LogP contribution in [0.4, 0.5) is 11.4 Å². The Morgan fingerprint density at radius 3 is 2.48 bits per heavy atom. The van der Waals surface area contributed by atoms with Crippen LogP contribution in [0.25, 0.3) is 0 Å². The van der Waals surface area contributed by atoms with E-state index in [0.29, 0.717) is 5.92 Å². The lowest BCUT2D eigenvalue weighted by atomic mass is 9.97. The minimum Gasteiger partial charge on any atom is -0.372 e. The zero-order chi connectivity index (χ0) is 14.7. The summed E-state index contributed by atoms with van der Waals surface area (Å²) < 4.78 is 0. The fourth-order valence-corrected chi connectivity index (χ4v) is 3.30. The third-order valence-corrected chi connectivity index (χ3v) is 4.71. The van der Waals surface area contributed by atoms with E-state index in [-0.39, 0.29) is 11.8 Å². The van der Waals surface area contributed by atoms with Gasteiger partial charge in [0.25, 0.3) is 0 Å². The molecule has 0 radical (unpaired) electrons. The van der Waals surface area contributed by atoms with Crippen LogP contribution in [-0.4, -0.2) is 32.1 Å². The van der Waals surface area contributed by atoms with Crippen LogP contribution in [0.1, 0.15) is 26.2 Å². The normalized spacial score (nSPS) is 25.9. The number of hydrogen-bond acceptors (Lipinski definition) is 3. The van der Waals surface area contributed by atoms with E-state index >= 15 is 0 Å². The van der Waals surface area contributed by atoms with E-state index in [2.05, 4.69) is 34.6 Å². The average Bonchev–Trinajstić information content (AvgIpc) is 2.95. The smallest absolute Gasteiger partial charge is 0.229 e. The maximum atomic E-state index is 12.3. The minimum absolute atomic E-state index is 0.0896. The SMILES string of the molecule is C[C@@H]1CNC[C@H]1C(=O)Nc1ccc(N2CCCCC2)cc1. The molecule has 2 aliphatic rings. The predicted molar refractivity (Wildman–Crippen MR) is 86.7 cm³/mol. The van der Waals surface area contributed by atoms with E-state index < -0.39 is 0 Å². The van der Waals surface area contributed by atoms with Gasteiger partial charge in [0.1, 0.15) is 0 Å². The number of carbonyl (C=O) groups excluding carboxylic acids is 1. The molecule has 21 heavy (non-hydrogen) atoms. The molecule has 4 nitrogen and oxygen atoms in total. The van der Waals surface area contributed by atoms with E-state index in [4.69, 9.17) is 0 Å². The maximum absolute atomic E-state index is 12.3. The summed E-state index contributed by atoms with van der Waals surface area (Å²) in [5, 5.41) is 6.32. The van der Waals surface area contributed by atoms with E-state index in [1.54, 1.807) is 0 Å². The number of anilines is 2. The highest BCUT2D eigenvalue weighted by Gasteiger charge is 2.29. The standard InChI is InChI=1S/C17H25N3O/c1-13-11-18-12-16(13)17(21)19-14-5-7-15(8-6-14)20-9-3-2-4-10-20/h5-8,13,16,18H,2-4,9-12H2,1H3,(H,19,21)/t13-,16-/m1/s1. The summed E-state index contributed by atoms with van der Waals surface area (Å²) in [6, 6.07) is 8.29. The van der Waals surface area contributed by atoms with Crippen molar-refractivity contribution in [3.05, 3.63) is 24.3 Å². The lowest BCUT2D eigenvalue weighted by Gasteiger charge is -2.28. The summed E-state index contributed by atoms with van der Waals surface area (Å²) in [4.78, 5) is 14.7. The summed E-state index contributed by atoms with van der Waals surface area (Å²) in [6.45, 7) is 6.16. The number of benzene rings is 1. The van der Waals surface area contributed by atoms with Crippen LogP contribution in [0.3, 0.4) is 0 Å². The van der Waals surface area contributed by atoms with Crippen LogP contribution < -0.4 is 15.5 Å². The molecule has 2 fully saturated rings. The fraction of sp³-hybridized carbons (Fsp3) is 0.588. The van der Waals surface area contributed by atoms with Crippen molar-refractivity contribution < 1.29 is 4.79 Å². The van der Waals surface area contributed by atoms with Crippen molar-refractivity contribution in [2.75, 3.05) is 36.4 Å². The summed E-state index contributed by atoms with van der Waals surface area (Å²) in [7, 11) is 0. The first-order chi connectivity index (χ1) is 10.2. The Labute approximate surface area is 126 Å². The molecular weight excluding hydrogens is 262 g/mol. The molecule has 1 amide bonds. The predicted octanol–water partition coefficient (Wildman–Crippen LogP) is 2.47. The molecule has 114 valence electrons. The van der Waals surface area contributed by atoms with Crippen LogP contribution >= 0.6 is 0 Å². The lowest BCUT2D eigenvalue weighted by molar-refractivity contribution is -0.120. The van der Waals surface area contributed by atoms with Gasteiger partial charge in [-0.2, -0.15) is 0 Å². The van der Waals surface area contributed by atoms with Crippen molar-refractivity contribution in [3.63, 3.8) is 0 Å². The Bertz CT molecular complexity index is 479. The van der Waals surface area contributed by atoms with Crippen molar-refractivity contribution in [3.8, 4) is 0 Å². The first-order valence-corrected chi connectivity index (χ1v) is 8.10. The molecule has 4 heteroatoms. The fourth-order valence-electron chi connectivity index (χ4n) is 3.30. The number of carbonyl (C=O) groups is 1. The number of hydrogen-bond donors (Lipinski definition) is 2. The van der Waals surface area contributed by atoms with E-state index in [9.17, 15) is 4.79 Å². The van der Waals surface area contributed by atoms with Crippen molar-refractivity contribution in [2.24, 2.45) is 11.8 Å². The zero-order valence-corrected chi connectivity index (χ0v) is 12.8. The van der Waals surface area contributed by atoms with Crippen molar-refractivity contribution in [1.82, 2.24) is 5.32 Å². The largest absolute Gasteiger partial charge is 0.372 e. The number of amides is 1. The number of nitrogens with one attached hydrogen (secondary N) is 2. The summed E-state index contributed by atoms with van der Waals surface area (Å²) in [6.07, 6.45) is 3.91. The van der Waals surface area contributed by atoms with E-state index in [1.807, 2.05) is 12.1 Å². The Morgan fingerprint density at radius 1 is 1.14 bits per heavy atom. The molecular formula is C17H25N3O. The van der Waals surface area contributed by atoms with Crippen LogP contribution in [0, 0.1) is 11.8 Å². The molecule has 2 atom stereocenters. The Hall–Kier alpha value is -1.55. The molecule has 0 unspecified atom stereocenters. The molecule has 2 heterocycles. The quantitative estimate of drug-likeness (QED) is 0.897. The molecule has 3 rings (SSSR count). The first-order valence-electron chi connectivity index (χ1n) is 8.10. The van der Waals surface area contributed by atoms with Crippen molar-refractivity contribution in [2.45, 2.75) is 26.2 Å². The first kappa shape index (κ1) is 14.4. The average molecular weight is 287 g/mol. The molecule has 2 saturated heterocycles. The number of piperidine rings is 1. The molecule has 0 aliphatic carbocycles. The van der Waals surface area contributed by atoms with Gasteiger partial charge in [-0.15, -0.1) is 0 Å². The second-order valence-electron chi connectivity index (χ2n) is 6.33. The zero-order valence-electron chi connectivity index (χ0n) is 12.8. The molecule has 0 saturated carbocycles. The molecule has 0 spiro atoms. The number of rotatable bonds is 3. The molecule has 0 bridgehead atoms. The highest BCUT2D eigenvalue weighted by atomic mass is 16.1. The van der Waals surface area contributed by atoms with Crippen LogP contribution in [-0.2, 0) is 4.79 Å². The second kappa shape index (κ2) is 6.48. The van der Waals surface area contributed by atoms with Crippen molar-refractivity contribution in [1.29, 1.82) is 0 Å². The van der Waals surface area contributed by atoms with Gasteiger partial charge in [0, 0.05) is 31.0 Å². The van der Waals surface area contributed by atoms with Gasteiger partial charge in [0.15, 0.2) is 0 Å². The highest BCUT2D eigenvalue weighted by Crippen LogP contribution is 2.23. The molecule has 1 aromatic rings. The Balaban J connectivity index is 1.60. The summed E-state index contributed by atoms with van der Waals surface area (Å²) in [5.74, 6) is 0.641. The molecule has 0 aromatic heterocycles. The van der Waals surface area contributed by atoms with Crippen LogP contribution in [0.5, 0.6) is 0 Å². The lowest BCUT2D eigenvalue weighted by Crippen LogP contribution is -2.29. The minimum atomic E-state index is 0.0896. The van der Waals surface area contributed by atoms with Gasteiger partial charge in [0.05, 0.1) is 5.92 Å². The highest BCUT2D eigenvalue weighted by molar-refractivity contribution is 5.93. The van der Waals surface area contributed by atoms with Crippen LogP contribution in [0.2, 0.25) is 0 Å². The maximum Gasteiger partial charge on any atom is 0.229 e. The van der Waals surface area contributed by atoms with Gasteiger partial charge >= 0.3 is 0 Å². The Kier molecular flexibility index (Phi) is 4.44. The summed E-state index contributed by atoms with van der Waals surface area (Å²) in [5.41, 5.74) is 2.17. The number of nitrogens with zero attached hydrogens (tertiary/aromatic N) is 1. The van der Waals surface area contributed by atoms with Gasteiger partial charge in [-0.05, 0) is 56.0 Å². The third-order valence-electron chi connectivity index (χ3n) is 4.71. The topological polar surface area (TPSA) is 44.4 Å². The van der Waals surface area contributed by atoms with Gasteiger partial charge < -0.3 is 15.5 Å². The second-order valence-corrected chi connectivity index (χ2v) is 6.33. The molecule has 2 aliphatic heterocycles. The van der Waals surface area contributed by atoms with Gasteiger partial charge in [-0.25, -0.2) is 0 Å². The monoisotopic (exact) mass is 287 g/mol. The summed E-state index contributed by atoms with van der Waals surface area (Å²) >= 11 is 0. The third kappa shape index (κ3) is 3.38. The van der Waals surface area contributed by atoms with Crippen molar-refractivity contribution >= 4 is 17.3 Å². The van der Waals surface area contributed by atoms with Crippen LogP contribution in [0.15, 0.2) is 24.3 Å². The van der Waals surface area contributed by atoms with Gasteiger partial charge in [-0.1, -0.05) is 6.92 Å². The molecule has 2 N–H and O–H groups in total. The molecule has 1 aromatic carbocycles. The van der Waals surface area contributed by atoms with E-state index in [0.717, 1.165) is 31.9 Å². The van der Waals surface area contributed by atoms with Gasteiger partial charge in [0.2, 0.25) is 5.91 Å². The van der Waals surface area contributed by atoms with Gasteiger partial charge in [-0.3, -0.25) is 4.79 Å². The van der Waals surface area contributed by atoms with E-state index in [1.165, 1.54) is 24.9 Å². The Morgan fingerprint density at radius 2 is 1.86 bits per heavy atom.